The number of hydrogen-bond acceptors (Lipinski definition) is 3. The standard InChI is InChI=1S/C11H10BrClN2S/c1-14-11-15-10(12)9(16-11)6-7-4-2-3-5-8(7)13/h2-5H,6H2,1H3,(H,14,15). The summed E-state index contributed by atoms with van der Waals surface area (Å²) in [6, 6.07) is 7.88. The third kappa shape index (κ3) is 2.56. The Labute approximate surface area is 112 Å². The number of benzene rings is 1. The first-order chi connectivity index (χ1) is 7.70. The van der Waals surface area contributed by atoms with Gasteiger partial charge in [-0.05, 0) is 27.6 Å². The van der Waals surface area contributed by atoms with E-state index < -0.39 is 0 Å². The lowest BCUT2D eigenvalue weighted by atomic mass is 10.1. The third-order valence-corrected chi connectivity index (χ3v) is 4.53. The third-order valence-electron chi connectivity index (χ3n) is 2.17. The van der Waals surface area contributed by atoms with Crippen molar-refractivity contribution in [3.8, 4) is 0 Å². The van der Waals surface area contributed by atoms with Crippen LogP contribution >= 0.6 is 38.9 Å². The largest absolute Gasteiger partial charge is 0.365 e. The molecule has 0 aliphatic heterocycles. The van der Waals surface area contributed by atoms with Crippen LogP contribution in [-0.2, 0) is 6.42 Å². The maximum Gasteiger partial charge on any atom is 0.183 e. The molecule has 0 bridgehead atoms. The lowest BCUT2D eigenvalue weighted by molar-refractivity contribution is 1.19. The minimum absolute atomic E-state index is 0.800. The summed E-state index contributed by atoms with van der Waals surface area (Å²) in [5.74, 6) is 0. The summed E-state index contributed by atoms with van der Waals surface area (Å²) in [5, 5.41) is 4.74. The summed E-state index contributed by atoms with van der Waals surface area (Å²) in [6.45, 7) is 0. The minimum atomic E-state index is 0.800. The highest BCUT2D eigenvalue weighted by molar-refractivity contribution is 9.10. The Morgan fingerprint density at radius 1 is 1.44 bits per heavy atom. The van der Waals surface area contributed by atoms with Gasteiger partial charge in [-0.3, -0.25) is 0 Å². The zero-order valence-corrected chi connectivity index (χ0v) is 11.8. The highest BCUT2D eigenvalue weighted by Crippen LogP contribution is 2.30. The Balaban J connectivity index is 2.27. The summed E-state index contributed by atoms with van der Waals surface area (Å²) in [5.41, 5.74) is 1.12. The Hall–Kier alpha value is -0.580. The van der Waals surface area contributed by atoms with Crippen molar-refractivity contribution in [3.05, 3.63) is 44.3 Å². The maximum atomic E-state index is 6.12. The first-order valence-electron chi connectivity index (χ1n) is 4.77. The van der Waals surface area contributed by atoms with Crippen LogP contribution in [0.1, 0.15) is 10.4 Å². The smallest absolute Gasteiger partial charge is 0.183 e. The van der Waals surface area contributed by atoms with E-state index in [4.69, 9.17) is 11.6 Å². The number of thiazole rings is 1. The number of nitrogens with one attached hydrogen (secondary N) is 1. The molecule has 0 radical (unpaired) electrons. The molecule has 84 valence electrons. The molecule has 2 aromatic rings. The van der Waals surface area contributed by atoms with E-state index in [0.717, 1.165) is 26.7 Å². The summed E-state index contributed by atoms with van der Waals surface area (Å²) < 4.78 is 0.891. The summed E-state index contributed by atoms with van der Waals surface area (Å²) in [7, 11) is 1.87. The predicted molar refractivity (Wildman–Crippen MR) is 73.6 cm³/mol. The van der Waals surface area contributed by atoms with E-state index in [1.165, 1.54) is 4.88 Å². The van der Waals surface area contributed by atoms with Gasteiger partial charge >= 0.3 is 0 Å². The number of anilines is 1. The first kappa shape index (κ1) is 11.9. The van der Waals surface area contributed by atoms with Crippen molar-refractivity contribution in [1.82, 2.24) is 4.98 Å². The molecule has 0 saturated carbocycles. The number of nitrogens with zero attached hydrogens (tertiary/aromatic N) is 1. The van der Waals surface area contributed by atoms with Crippen molar-refractivity contribution < 1.29 is 0 Å². The van der Waals surface area contributed by atoms with E-state index >= 15 is 0 Å². The van der Waals surface area contributed by atoms with Crippen LogP contribution in [0.5, 0.6) is 0 Å². The zero-order valence-electron chi connectivity index (χ0n) is 8.63. The second-order valence-electron chi connectivity index (χ2n) is 3.25. The highest BCUT2D eigenvalue weighted by atomic mass is 79.9. The van der Waals surface area contributed by atoms with Gasteiger partial charge in [0, 0.05) is 23.4 Å². The summed E-state index contributed by atoms with van der Waals surface area (Å²) in [4.78, 5) is 5.51. The van der Waals surface area contributed by atoms with Gasteiger partial charge in [-0.25, -0.2) is 4.98 Å². The fourth-order valence-electron chi connectivity index (χ4n) is 1.36. The van der Waals surface area contributed by atoms with E-state index in [9.17, 15) is 0 Å². The fraction of sp³-hybridized carbons (Fsp3) is 0.182. The fourth-order valence-corrected chi connectivity index (χ4v) is 3.07. The summed E-state index contributed by atoms with van der Waals surface area (Å²) in [6.07, 6.45) is 0.805. The Morgan fingerprint density at radius 2 is 2.19 bits per heavy atom. The molecule has 0 unspecified atom stereocenters. The molecule has 0 aliphatic rings. The van der Waals surface area contributed by atoms with Crippen LogP contribution in [0.3, 0.4) is 0 Å². The van der Waals surface area contributed by atoms with E-state index in [-0.39, 0.29) is 0 Å². The lowest BCUT2D eigenvalue weighted by Crippen LogP contribution is -1.86. The SMILES string of the molecule is CNc1nc(Br)c(Cc2ccccc2Cl)s1. The Bertz CT molecular complexity index is 498. The van der Waals surface area contributed by atoms with Crippen LogP contribution in [0.2, 0.25) is 5.02 Å². The van der Waals surface area contributed by atoms with Crippen LogP contribution in [0, 0.1) is 0 Å². The molecule has 1 aromatic heterocycles. The van der Waals surface area contributed by atoms with Crippen molar-refractivity contribution in [2.24, 2.45) is 0 Å². The van der Waals surface area contributed by atoms with Gasteiger partial charge in [-0.2, -0.15) is 0 Å². The summed E-state index contributed by atoms with van der Waals surface area (Å²) >= 11 is 11.2. The van der Waals surface area contributed by atoms with Crippen LogP contribution in [0.4, 0.5) is 5.13 Å². The predicted octanol–water partition coefficient (Wildman–Crippen LogP) is 4.19. The van der Waals surface area contributed by atoms with Crippen molar-refractivity contribution in [3.63, 3.8) is 0 Å². The van der Waals surface area contributed by atoms with Gasteiger partial charge < -0.3 is 5.32 Å². The van der Waals surface area contributed by atoms with E-state index in [1.807, 2.05) is 31.3 Å². The maximum absolute atomic E-state index is 6.12. The molecule has 2 rings (SSSR count). The molecule has 0 amide bonds. The number of hydrogen-bond donors (Lipinski definition) is 1. The molecule has 0 atom stereocenters. The topological polar surface area (TPSA) is 24.9 Å². The van der Waals surface area contributed by atoms with Crippen molar-refractivity contribution in [2.45, 2.75) is 6.42 Å². The second kappa shape index (κ2) is 5.17. The molecule has 2 nitrogen and oxygen atoms in total. The van der Waals surface area contributed by atoms with Gasteiger partial charge in [0.2, 0.25) is 0 Å². The molecular weight excluding hydrogens is 308 g/mol. The Morgan fingerprint density at radius 3 is 2.81 bits per heavy atom. The molecule has 1 aromatic carbocycles. The van der Waals surface area contributed by atoms with Gasteiger partial charge in [-0.15, -0.1) is 11.3 Å². The van der Waals surface area contributed by atoms with Gasteiger partial charge in [0.1, 0.15) is 4.60 Å². The quantitative estimate of drug-likeness (QED) is 0.918. The molecular formula is C11H10BrClN2S. The lowest BCUT2D eigenvalue weighted by Gasteiger charge is -2.01. The molecule has 0 saturated heterocycles. The monoisotopic (exact) mass is 316 g/mol. The van der Waals surface area contributed by atoms with Crippen molar-refractivity contribution in [1.29, 1.82) is 0 Å². The molecule has 1 heterocycles. The van der Waals surface area contributed by atoms with E-state index in [0.29, 0.717) is 0 Å². The van der Waals surface area contributed by atoms with Gasteiger partial charge in [0.25, 0.3) is 0 Å². The van der Waals surface area contributed by atoms with E-state index in [1.54, 1.807) is 11.3 Å². The van der Waals surface area contributed by atoms with Crippen LogP contribution in [0.25, 0.3) is 0 Å². The molecule has 0 fully saturated rings. The van der Waals surface area contributed by atoms with Crippen LogP contribution in [0.15, 0.2) is 28.9 Å². The molecule has 5 heteroatoms. The minimum Gasteiger partial charge on any atom is -0.365 e. The first-order valence-corrected chi connectivity index (χ1v) is 6.76. The molecule has 0 spiro atoms. The molecule has 1 N–H and O–H groups in total. The van der Waals surface area contributed by atoms with Gasteiger partial charge in [-0.1, -0.05) is 29.8 Å². The highest BCUT2D eigenvalue weighted by Gasteiger charge is 2.10. The number of halogens is 2. The normalized spacial score (nSPS) is 10.4. The van der Waals surface area contributed by atoms with Crippen LogP contribution < -0.4 is 5.32 Å². The van der Waals surface area contributed by atoms with E-state index in [2.05, 4.69) is 26.2 Å². The second-order valence-corrected chi connectivity index (χ2v) is 5.49. The number of rotatable bonds is 3. The molecule has 16 heavy (non-hydrogen) atoms. The van der Waals surface area contributed by atoms with Gasteiger partial charge in [0.05, 0.1) is 0 Å². The van der Waals surface area contributed by atoms with Crippen LogP contribution in [-0.4, -0.2) is 12.0 Å². The van der Waals surface area contributed by atoms with Crippen molar-refractivity contribution >= 4 is 44.0 Å². The number of aromatic nitrogens is 1. The Kier molecular flexibility index (Phi) is 3.84. The zero-order chi connectivity index (χ0) is 11.5. The average Bonchev–Trinajstić information content (AvgIpc) is 2.63. The average molecular weight is 318 g/mol. The molecule has 0 aliphatic carbocycles. The van der Waals surface area contributed by atoms with Crippen molar-refractivity contribution in [2.75, 3.05) is 12.4 Å². The van der Waals surface area contributed by atoms with Gasteiger partial charge in [0.15, 0.2) is 5.13 Å².